The van der Waals surface area contributed by atoms with Crippen LogP contribution >= 0.6 is 0 Å². The second kappa shape index (κ2) is 5.60. The Labute approximate surface area is 78.8 Å². The molecule has 1 N–H and O–H groups in total. The van der Waals surface area contributed by atoms with Gasteiger partial charge in [0, 0.05) is 6.42 Å². The Morgan fingerprint density at radius 2 is 2.23 bits per heavy atom. The van der Waals surface area contributed by atoms with Gasteiger partial charge in [-0.3, -0.25) is 4.79 Å². The Balaban J connectivity index is 2.10. The molecular formula is C10H15NO2. The van der Waals surface area contributed by atoms with Gasteiger partial charge in [-0.25, -0.2) is 0 Å². The van der Waals surface area contributed by atoms with Crippen molar-refractivity contribution in [2.75, 3.05) is 13.1 Å². The number of rotatable bonds is 3. The fraction of sp³-hybridized carbons (Fsp3) is 0.700. The summed E-state index contributed by atoms with van der Waals surface area (Å²) >= 11 is 0. The standard InChI is InChI=1S/C10H15NO2/c1-2-13-10(12)4-3-9-5-7-11-8-6-9/h1,9,11H,3-8H2. The lowest BCUT2D eigenvalue weighted by atomic mass is 9.93. The topological polar surface area (TPSA) is 38.3 Å². The molecule has 1 rings (SSSR count). The van der Waals surface area contributed by atoms with E-state index >= 15 is 0 Å². The van der Waals surface area contributed by atoms with E-state index in [1.807, 2.05) is 6.11 Å². The van der Waals surface area contributed by atoms with Crippen LogP contribution in [0.5, 0.6) is 0 Å². The molecule has 0 aromatic carbocycles. The van der Waals surface area contributed by atoms with Crippen molar-refractivity contribution < 1.29 is 9.53 Å². The minimum atomic E-state index is -0.277. The van der Waals surface area contributed by atoms with E-state index in [-0.39, 0.29) is 5.97 Å². The molecule has 1 heterocycles. The van der Waals surface area contributed by atoms with Crippen LogP contribution in [-0.2, 0) is 9.53 Å². The van der Waals surface area contributed by atoms with E-state index in [0.717, 1.165) is 32.4 Å². The SMILES string of the molecule is C#COC(=O)CCC1CCNCC1. The smallest absolute Gasteiger partial charge is 0.319 e. The predicted molar refractivity (Wildman–Crippen MR) is 49.8 cm³/mol. The fourth-order valence-corrected chi connectivity index (χ4v) is 1.61. The first-order valence-corrected chi connectivity index (χ1v) is 4.69. The van der Waals surface area contributed by atoms with Crippen LogP contribution in [0.2, 0.25) is 0 Å². The highest BCUT2D eigenvalue weighted by Gasteiger charge is 2.14. The lowest BCUT2D eigenvalue weighted by Gasteiger charge is -2.21. The van der Waals surface area contributed by atoms with Crippen LogP contribution in [0.25, 0.3) is 0 Å². The van der Waals surface area contributed by atoms with Gasteiger partial charge in [-0.1, -0.05) is 6.42 Å². The van der Waals surface area contributed by atoms with Crippen LogP contribution in [0.15, 0.2) is 0 Å². The highest BCUT2D eigenvalue weighted by atomic mass is 16.5. The van der Waals surface area contributed by atoms with E-state index in [0.29, 0.717) is 12.3 Å². The summed E-state index contributed by atoms with van der Waals surface area (Å²) in [5.74, 6) is 0.382. The minimum Gasteiger partial charge on any atom is -0.372 e. The van der Waals surface area contributed by atoms with Crippen molar-refractivity contribution in [3.05, 3.63) is 0 Å². The fourth-order valence-electron chi connectivity index (χ4n) is 1.61. The van der Waals surface area contributed by atoms with E-state index < -0.39 is 0 Å². The molecule has 0 aromatic heterocycles. The van der Waals surface area contributed by atoms with Crippen molar-refractivity contribution in [1.82, 2.24) is 5.32 Å². The molecule has 0 unspecified atom stereocenters. The highest BCUT2D eigenvalue weighted by molar-refractivity contribution is 5.70. The molecule has 1 aliphatic rings. The Kier molecular flexibility index (Phi) is 4.34. The number of terminal acetylenes is 1. The molecule has 3 heteroatoms. The minimum absolute atomic E-state index is 0.277. The van der Waals surface area contributed by atoms with Crippen molar-refractivity contribution in [1.29, 1.82) is 0 Å². The summed E-state index contributed by atoms with van der Waals surface area (Å²) in [5.41, 5.74) is 0. The molecule has 0 spiro atoms. The molecule has 72 valence electrons. The Bertz CT molecular complexity index is 201. The first-order valence-electron chi connectivity index (χ1n) is 4.69. The van der Waals surface area contributed by atoms with Crippen molar-refractivity contribution in [2.45, 2.75) is 25.7 Å². The van der Waals surface area contributed by atoms with E-state index in [9.17, 15) is 4.79 Å². The van der Waals surface area contributed by atoms with E-state index in [1.54, 1.807) is 0 Å². The first kappa shape index (κ1) is 10.1. The maximum atomic E-state index is 10.9. The van der Waals surface area contributed by atoms with Gasteiger partial charge in [-0.2, -0.15) is 0 Å². The summed E-state index contributed by atoms with van der Waals surface area (Å²) in [6, 6.07) is 0. The molecule has 0 aromatic rings. The molecule has 1 saturated heterocycles. The molecule has 0 saturated carbocycles. The maximum Gasteiger partial charge on any atom is 0.319 e. The molecule has 0 aliphatic carbocycles. The maximum absolute atomic E-state index is 10.9. The number of piperidine rings is 1. The van der Waals surface area contributed by atoms with Crippen molar-refractivity contribution in [2.24, 2.45) is 5.92 Å². The first-order chi connectivity index (χ1) is 6.33. The summed E-state index contributed by atoms with van der Waals surface area (Å²) < 4.78 is 4.41. The van der Waals surface area contributed by atoms with Gasteiger partial charge >= 0.3 is 5.97 Å². The van der Waals surface area contributed by atoms with Gasteiger partial charge in [-0.05, 0) is 38.3 Å². The Hall–Kier alpha value is -1.01. The quantitative estimate of drug-likeness (QED) is 0.519. The predicted octanol–water partition coefficient (Wildman–Crippen LogP) is 0.900. The monoisotopic (exact) mass is 181 g/mol. The Morgan fingerprint density at radius 3 is 2.85 bits per heavy atom. The number of hydrogen-bond acceptors (Lipinski definition) is 3. The zero-order valence-corrected chi connectivity index (χ0v) is 7.71. The molecule has 0 atom stereocenters. The van der Waals surface area contributed by atoms with Gasteiger partial charge in [0.2, 0.25) is 0 Å². The van der Waals surface area contributed by atoms with Crippen LogP contribution < -0.4 is 5.32 Å². The molecule has 13 heavy (non-hydrogen) atoms. The van der Waals surface area contributed by atoms with Gasteiger partial charge in [0.1, 0.15) is 6.11 Å². The molecule has 0 amide bonds. The van der Waals surface area contributed by atoms with Crippen LogP contribution in [0.3, 0.4) is 0 Å². The van der Waals surface area contributed by atoms with Crippen molar-refractivity contribution in [3.8, 4) is 12.5 Å². The summed E-state index contributed by atoms with van der Waals surface area (Å²) in [7, 11) is 0. The van der Waals surface area contributed by atoms with Crippen molar-refractivity contribution >= 4 is 5.97 Å². The highest BCUT2D eigenvalue weighted by Crippen LogP contribution is 2.17. The largest absolute Gasteiger partial charge is 0.372 e. The van der Waals surface area contributed by atoms with Crippen molar-refractivity contribution in [3.63, 3.8) is 0 Å². The average molecular weight is 181 g/mol. The van der Waals surface area contributed by atoms with Crippen LogP contribution in [0.4, 0.5) is 0 Å². The number of carbonyl (C=O) groups excluding carboxylic acids is 1. The van der Waals surface area contributed by atoms with Gasteiger partial charge in [0.15, 0.2) is 0 Å². The second-order valence-electron chi connectivity index (χ2n) is 3.32. The molecular weight excluding hydrogens is 166 g/mol. The van der Waals surface area contributed by atoms with E-state index in [4.69, 9.17) is 6.42 Å². The van der Waals surface area contributed by atoms with Crippen LogP contribution in [0, 0.1) is 18.4 Å². The average Bonchev–Trinajstić information content (AvgIpc) is 2.17. The third-order valence-corrected chi connectivity index (χ3v) is 2.39. The number of nitrogens with one attached hydrogen (secondary N) is 1. The lowest BCUT2D eigenvalue weighted by Crippen LogP contribution is -2.28. The van der Waals surface area contributed by atoms with E-state index in [1.165, 1.54) is 0 Å². The summed E-state index contributed by atoms with van der Waals surface area (Å²) in [6.07, 6.45) is 10.4. The molecule has 3 nitrogen and oxygen atoms in total. The molecule has 1 fully saturated rings. The van der Waals surface area contributed by atoms with Gasteiger partial charge in [0.25, 0.3) is 0 Å². The normalized spacial score (nSPS) is 17.8. The third-order valence-electron chi connectivity index (χ3n) is 2.39. The summed E-state index contributed by atoms with van der Waals surface area (Å²) in [6.45, 7) is 2.13. The van der Waals surface area contributed by atoms with Gasteiger partial charge < -0.3 is 10.1 Å². The van der Waals surface area contributed by atoms with Gasteiger partial charge in [0.05, 0.1) is 0 Å². The number of esters is 1. The molecule has 1 aliphatic heterocycles. The van der Waals surface area contributed by atoms with E-state index in [2.05, 4.69) is 10.1 Å². The number of hydrogen-bond donors (Lipinski definition) is 1. The number of carbonyl (C=O) groups is 1. The second-order valence-corrected chi connectivity index (χ2v) is 3.32. The third kappa shape index (κ3) is 3.95. The zero-order valence-electron chi connectivity index (χ0n) is 7.71. The van der Waals surface area contributed by atoms with Crippen LogP contribution in [0.1, 0.15) is 25.7 Å². The number of ether oxygens (including phenoxy) is 1. The summed E-state index contributed by atoms with van der Waals surface area (Å²) in [5, 5.41) is 3.28. The zero-order chi connectivity index (χ0) is 9.52. The summed E-state index contributed by atoms with van der Waals surface area (Å²) in [4.78, 5) is 10.9. The Morgan fingerprint density at radius 1 is 1.54 bits per heavy atom. The molecule has 0 radical (unpaired) electrons. The van der Waals surface area contributed by atoms with Gasteiger partial charge in [-0.15, -0.1) is 0 Å². The lowest BCUT2D eigenvalue weighted by molar-refractivity contribution is -0.137. The van der Waals surface area contributed by atoms with Crippen LogP contribution in [-0.4, -0.2) is 19.1 Å². The molecule has 0 bridgehead atoms.